The highest BCUT2D eigenvalue weighted by Gasteiger charge is 2.26. The molecule has 0 aromatic rings. The molecule has 0 saturated heterocycles. The molecule has 0 aromatic heterocycles. The standard InChI is InChI=1S/C11H22N2O/c1-11(2,3)10(14)13-9-6-4-5-8(12)7-9/h8-9H,4-7,12H2,1-3H3,(H,13,14). The van der Waals surface area contributed by atoms with Crippen molar-refractivity contribution in [2.75, 3.05) is 0 Å². The van der Waals surface area contributed by atoms with Gasteiger partial charge in [0.15, 0.2) is 0 Å². The molecule has 14 heavy (non-hydrogen) atoms. The Hall–Kier alpha value is -0.570. The molecule has 0 spiro atoms. The van der Waals surface area contributed by atoms with Crippen molar-refractivity contribution in [3.05, 3.63) is 0 Å². The van der Waals surface area contributed by atoms with Crippen molar-refractivity contribution in [2.24, 2.45) is 11.1 Å². The Kier molecular flexibility index (Phi) is 3.53. The van der Waals surface area contributed by atoms with Gasteiger partial charge in [0.25, 0.3) is 0 Å². The number of amides is 1. The first kappa shape index (κ1) is 11.5. The van der Waals surface area contributed by atoms with Crippen LogP contribution in [-0.4, -0.2) is 18.0 Å². The summed E-state index contributed by atoms with van der Waals surface area (Å²) >= 11 is 0. The van der Waals surface area contributed by atoms with Crippen molar-refractivity contribution in [3.63, 3.8) is 0 Å². The van der Waals surface area contributed by atoms with Gasteiger partial charge in [0.2, 0.25) is 5.91 Å². The lowest BCUT2D eigenvalue weighted by Crippen LogP contribution is -2.46. The zero-order valence-electron chi connectivity index (χ0n) is 9.47. The third-order valence-electron chi connectivity index (χ3n) is 2.73. The van der Waals surface area contributed by atoms with E-state index in [1.165, 1.54) is 0 Å². The fourth-order valence-electron chi connectivity index (χ4n) is 1.76. The van der Waals surface area contributed by atoms with Crippen LogP contribution in [0.5, 0.6) is 0 Å². The SMILES string of the molecule is CC(C)(C)C(=O)NC1CCCC(N)C1. The lowest BCUT2D eigenvalue weighted by Gasteiger charge is -2.30. The van der Waals surface area contributed by atoms with Gasteiger partial charge in [0.05, 0.1) is 0 Å². The molecule has 3 nitrogen and oxygen atoms in total. The second-order valence-electron chi connectivity index (χ2n) is 5.35. The largest absolute Gasteiger partial charge is 0.353 e. The number of nitrogens with two attached hydrogens (primary N) is 1. The second-order valence-corrected chi connectivity index (χ2v) is 5.35. The van der Waals surface area contributed by atoms with Crippen LogP contribution in [-0.2, 0) is 4.79 Å². The summed E-state index contributed by atoms with van der Waals surface area (Å²) in [5.74, 6) is 0.136. The Bertz CT molecular complexity index is 208. The van der Waals surface area contributed by atoms with E-state index in [0.717, 1.165) is 25.7 Å². The summed E-state index contributed by atoms with van der Waals surface area (Å²) in [5, 5.41) is 3.07. The van der Waals surface area contributed by atoms with Crippen molar-refractivity contribution in [1.82, 2.24) is 5.32 Å². The van der Waals surface area contributed by atoms with Crippen LogP contribution >= 0.6 is 0 Å². The molecule has 0 aliphatic heterocycles. The number of carbonyl (C=O) groups excluding carboxylic acids is 1. The minimum atomic E-state index is -0.290. The van der Waals surface area contributed by atoms with Gasteiger partial charge in [-0.25, -0.2) is 0 Å². The first-order valence-corrected chi connectivity index (χ1v) is 5.46. The maximum atomic E-state index is 11.7. The number of nitrogens with one attached hydrogen (secondary N) is 1. The maximum Gasteiger partial charge on any atom is 0.225 e. The first-order chi connectivity index (χ1) is 6.39. The molecule has 2 atom stereocenters. The average Bonchev–Trinajstić information content (AvgIpc) is 2.02. The molecular weight excluding hydrogens is 176 g/mol. The normalized spacial score (nSPS) is 28.6. The fraction of sp³-hybridized carbons (Fsp3) is 0.909. The van der Waals surface area contributed by atoms with Gasteiger partial charge < -0.3 is 11.1 Å². The molecule has 1 rings (SSSR count). The summed E-state index contributed by atoms with van der Waals surface area (Å²) in [5.41, 5.74) is 5.57. The molecule has 0 bridgehead atoms. The molecule has 3 N–H and O–H groups in total. The highest BCUT2D eigenvalue weighted by atomic mass is 16.2. The molecular formula is C11H22N2O. The van der Waals surface area contributed by atoms with Crippen LogP contribution in [0.4, 0.5) is 0 Å². The minimum absolute atomic E-state index is 0.136. The summed E-state index contributed by atoms with van der Waals surface area (Å²) < 4.78 is 0. The van der Waals surface area contributed by atoms with Crippen molar-refractivity contribution < 1.29 is 4.79 Å². The van der Waals surface area contributed by atoms with Crippen LogP contribution in [0.1, 0.15) is 46.5 Å². The van der Waals surface area contributed by atoms with Crippen LogP contribution in [0.15, 0.2) is 0 Å². The molecule has 1 aliphatic carbocycles. The summed E-state index contributed by atoms with van der Waals surface area (Å²) in [6, 6.07) is 0.569. The van der Waals surface area contributed by atoms with Gasteiger partial charge in [0.1, 0.15) is 0 Å². The van der Waals surface area contributed by atoms with E-state index in [1.54, 1.807) is 0 Å². The summed E-state index contributed by atoms with van der Waals surface area (Å²) in [6.45, 7) is 5.81. The molecule has 0 aromatic carbocycles. The van der Waals surface area contributed by atoms with Crippen molar-refractivity contribution >= 4 is 5.91 Å². The summed E-state index contributed by atoms with van der Waals surface area (Å²) in [6.07, 6.45) is 4.25. The van der Waals surface area contributed by atoms with E-state index in [1.807, 2.05) is 20.8 Å². The molecule has 1 fully saturated rings. The van der Waals surface area contributed by atoms with Crippen LogP contribution in [0, 0.1) is 5.41 Å². The smallest absolute Gasteiger partial charge is 0.225 e. The van der Waals surface area contributed by atoms with Crippen molar-refractivity contribution in [1.29, 1.82) is 0 Å². The Morgan fingerprint density at radius 2 is 2.00 bits per heavy atom. The second kappa shape index (κ2) is 4.30. The lowest BCUT2D eigenvalue weighted by atomic mass is 9.89. The topological polar surface area (TPSA) is 55.1 Å². The Morgan fingerprint density at radius 3 is 2.50 bits per heavy atom. The number of hydrogen-bond acceptors (Lipinski definition) is 2. The van der Waals surface area contributed by atoms with E-state index >= 15 is 0 Å². The van der Waals surface area contributed by atoms with E-state index in [9.17, 15) is 4.79 Å². The van der Waals surface area contributed by atoms with Gasteiger partial charge in [-0.2, -0.15) is 0 Å². The van der Waals surface area contributed by atoms with Gasteiger partial charge in [-0.3, -0.25) is 4.79 Å². The predicted octanol–water partition coefficient (Wildman–Crippen LogP) is 1.42. The molecule has 1 saturated carbocycles. The van der Waals surface area contributed by atoms with E-state index in [4.69, 9.17) is 5.73 Å². The van der Waals surface area contributed by atoms with Gasteiger partial charge in [-0.05, 0) is 25.7 Å². The minimum Gasteiger partial charge on any atom is -0.353 e. The Labute approximate surface area is 86.4 Å². The fourth-order valence-corrected chi connectivity index (χ4v) is 1.76. The van der Waals surface area contributed by atoms with Crippen LogP contribution in [0.25, 0.3) is 0 Å². The Morgan fingerprint density at radius 1 is 1.36 bits per heavy atom. The van der Waals surface area contributed by atoms with Crippen LogP contribution in [0.2, 0.25) is 0 Å². The molecule has 0 radical (unpaired) electrons. The van der Waals surface area contributed by atoms with Gasteiger partial charge in [-0.15, -0.1) is 0 Å². The lowest BCUT2D eigenvalue weighted by molar-refractivity contribution is -0.129. The Balaban J connectivity index is 2.40. The van der Waals surface area contributed by atoms with Crippen LogP contribution < -0.4 is 11.1 Å². The molecule has 1 amide bonds. The van der Waals surface area contributed by atoms with Crippen molar-refractivity contribution in [2.45, 2.75) is 58.5 Å². The third kappa shape index (κ3) is 3.29. The number of carbonyl (C=O) groups is 1. The van der Waals surface area contributed by atoms with Crippen LogP contribution in [0.3, 0.4) is 0 Å². The highest BCUT2D eigenvalue weighted by molar-refractivity contribution is 5.81. The molecule has 82 valence electrons. The number of rotatable bonds is 1. The molecule has 3 heteroatoms. The van der Waals surface area contributed by atoms with E-state index in [0.29, 0.717) is 6.04 Å². The zero-order chi connectivity index (χ0) is 10.8. The maximum absolute atomic E-state index is 11.7. The third-order valence-corrected chi connectivity index (χ3v) is 2.73. The quantitative estimate of drug-likeness (QED) is 0.669. The van der Waals surface area contributed by atoms with E-state index in [2.05, 4.69) is 5.32 Å². The molecule has 1 aliphatic rings. The van der Waals surface area contributed by atoms with Gasteiger partial charge >= 0.3 is 0 Å². The van der Waals surface area contributed by atoms with Crippen molar-refractivity contribution in [3.8, 4) is 0 Å². The molecule has 0 heterocycles. The number of hydrogen-bond donors (Lipinski definition) is 2. The first-order valence-electron chi connectivity index (χ1n) is 5.46. The van der Waals surface area contributed by atoms with E-state index in [-0.39, 0.29) is 17.4 Å². The highest BCUT2D eigenvalue weighted by Crippen LogP contribution is 2.19. The van der Waals surface area contributed by atoms with Gasteiger partial charge in [0, 0.05) is 17.5 Å². The summed E-state index contributed by atoms with van der Waals surface area (Å²) in [7, 11) is 0. The molecule has 2 unspecified atom stereocenters. The summed E-state index contributed by atoms with van der Waals surface area (Å²) in [4.78, 5) is 11.7. The average molecular weight is 198 g/mol. The van der Waals surface area contributed by atoms with Gasteiger partial charge in [-0.1, -0.05) is 20.8 Å². The van der Waals surface area contributed by atoms with E-state index < -0.39 is 0 Å². The predicted molar refractivity (Wildman–Crippen MR) is 57.8 cm³/mol. The zero-order valence-corrected chi connectivity index (χ0v) is 9.47. The monoisotopic (exact) mass is 198 g/mol.